The summed E-state index contributed by atoms with van der Waals surface area (Å²) in [6.07, 6.45) is 10.6. The average molecular weight is 395 g/mol. The number of H-pyrrole nitrogens is 1. The molecule has 5 aliphatic rings. The summed E-state index contributed by atoms with van der Waals surface area (Å²) in [5, 5.41) is 1.15. The summed E-state index contributed by atoms with van der Waals surface area (Å²) in [5.74, 6) is 3.27. The minimum Gasteiger partial charge on any atom is -0.361 e. The van der Waals surface area contributed by atoms with Crippen molar-refractivity contribution in [3.05, 3.63) is 40.9 Å². The Labute approximate surface area is 168 Å². The number of aromatic amines is 1. The van der Waals surface area contributed by atoms with Crippen LogP contribution in [0.25, 0.3) is 17.0 Å². The zero-order valence-corrected chi connectivity index (χ0v) is 16.7. The second kappa shape index (κ2) is 5.95. The van der Waals surface area contributed by atoms with Crippen LogP contribution in [0.4, 0.5) is 0 Å². The summed E-state index contributed by atoms with van der Waals surface area (Å²) in [4.78, 5) is 19.4. The third-order valence-corrected chi connectivity index (χ3v) is 8.54. The molecule has 1 aliphatic heterocycles. The molecule has 1 aromatic carbocycles. The maximum atomic E-state index is 13.3. The van der Waals surface area contributed by atoms with E-state index in [9.17, 15) is 4.79 Å². The first-order valence-corrected chi connectivity index (χ1v) is 11.2. The Balaban J connectivity index is 1.33. The van der Waals surface area contributed by atoms with Crippen molar-refractivity contribution >= 4 is 51.2 Å². The topological polar surface area (TPSA) is 36.1 Å². The highest BCUT2D eigenvalue weighted by Gasteiger charge is 2.53. The van der Waals surface area contributed by atoms with Crippen LogP contribution in [0, 0.1) is 23.7 Å². The largest absolute Gasteiger partial charge is 0.361 e. The second-order valence-electron chi connectivity index (χ2n) is 8.76. The molecular weight excluding hydrogens is 372 g/mol. The van der Waals surface area contributed by atoms with Crippen LogP contribution in [0.15, 0.2) is 35.4 Å². The quantitative estimate of drug-likeness (QED) is 0.562. The minimum absolute atomic E-state index is 0.132. The van der Waals surface area contributed by atoms with E-state index in [0.29, 0.717) is 17.9 Å². The molecule has 4 bridgehead atoms. The van der Waals surface area contributed by atoms with Gasteiger partial charge in [0.1, 0.15) is 4.32 Å². The number of fused-ring (bicyclic) bond motifs is 1. The Kier molecular flexibility index (Phi) is 3.61. The molecule has 1 aromatic heterocycles. The SMILES string of the molecule is O=C1C(=Cc2c[nH]c3ccccc23)SC(=S)N1C1C2CC3CC(C2)CC1C3. The third-order valence-electron chi connectivity index (χ3n) is 7.21. The highest BCUT2D eigenvalue weighted by atomic mass is 32.2. The van der Waals surface area contributed by atoms with Gasteiger partial charge in [-0.25, -0.2) is 0 Å². The van der Waals surface area contributed by atoms with Gasteiger partial charge in [0.05, 0.1) is 4.91 Å². The molecule has 4 aliphatic carbocycles. The lowest BCUT2D eigenvalue weighted by atomic mass is 9.54. The number of aromatic nitrogens is 1. The Morgan fingerprint density at radius 3 is 2.52 bits per heavy atom. The smallest absolute Gasteiger partial charge is 0.266 e. The first-order chi connectivity index (χ1) is 13.2. The molecule has 27 heavy (non-hydrogen) atoms. The number of carbonyl (C=O) groups is 1. The van der Waals surface area contributed by atoms with E-state index in [1.807, 2.05) is 29.3 Å². The molecular formula is C22H22N2OS2. The van der Waals surface area contributed by atoms with E-state index >= 15 is 0 Å². The number of hydrogen-bond donors (Lipinski definition) is 1. The van der Waals surface area contributed by atoms with E-state index in [0.717, 1.165) is 37.5 Å². The first kappa shape index (κ1) is 16.4. The number of hydrogen-bond acceptors (Lipinski definition) is 3. The Morgan fingerprint density at radius 2 is 1.78 bits per heavy atom. The molecule has 1 amide bonds. The number of amides is 1. The monoisotopic (exact) mass is 394 g/mol. The molecule has 0 atom stereocenters. The van der Waals surface area contributed by atoms with Crippen molar-refractivity contribution in [1.82, 2.24) is 9.88 Å². The highest BCUT2D eigenvalue weighted by Crippen LogP contribution is 2.56. The number of thiocarbonyl (C=S) groups is 1. The lowest BCUT2D eigenvalue weighted by Crippen LogP contribution is -2.57. The molecule has 5 heteroatoms. The van der Waals surface area contributed by atoms with E-state index in [2.05, 4.69) is 17.1 Å². The Morgan fingerprint density at radius 1 is 1.07 bits per heavy atom. The Bertz CT molecular complexity index is 963. The van der Waals surface area contributed by atoms with Gasteiger partial charge in [-0.05, 0) is 67.9 Å². The molecule has 0 radical (unpaired) electrons. The Hall–Kier alpha value is -1.59. The maximum Gasteiger partial charge on any atom is 0.266 e. The van der Waals surface area contributed by atoms with Crippen molar-refractivity contribution < 1.29 is 4.79 Å². The number of thioether (sulfide) groups is 1. The predicted octanol–water partition coefficient (Wildman–Crippen LogP) is 5.19. The predicted molar refractivity (Wildman–Crippen MR) is 114 cm³/mol. The normalized spacial score (nSPS) is 36.5. The standard InChI is InChI=1S/C22H22N2OS2/c25-21-19(10-16-11-23-18-4-2-1-3-17(16)18)27-22(26)24(21)20-14-6-12-5-13(8-14)9-15(20)7-12/h1-4,10-15,20,23H,5-9H2. The van der Waals surface area contributed by atoms with Crippen LogP contribution < -0.4 is 0 Å². The number of carbonyl (C=O) groups excluding carboxylic acids is 1. The maximum absolute atomic E-state index is 13.3. The van der Waals surface area contributed by atoms with E-state index in [1.165, 1.54) is 43.9 Å². The van der Waals surface area contributed by atoms with E-state index in [1.54, 1.807) is 0 Å². The van der Waals surface area contributed by atoms with Gasteiger partial charge in [0.15, 0.2) is 0 Å². The molecule has 1 saturated heterocycles. The van der Waals surface area contributed by atoms with Gasteiger partial charge in [0, 0.05) is 28.7 Å². The van der Waals surface area contributed by atoms with Crippen LogP contribution in [-0.2, 0) is 4.79 Å². The second-order valence-corrected chi connectivity index (χ2v) is 10.4. The van der Waals surface area contributed by atoms with Gasteiger partial charge in [-0.2, -0.15) is 0 Å². The fraction of sp³-hybridized carbons (Fsp3) is 0.455. The van der Waals surface area contributed by atoms with Crippen molar-refractivity contribution in [2.24, 2.45) is 23.7 Å². The molecule has 2 heterocycles. The van der Waals surface area contributed by atoms with Gasteiger partial charge in [-0.1, -0.05) is 42.2 Å². The van der Waals surface area contributed by atoms with Crippen molar-refractivity contribution in [3.8, 4) is 0 Å². The number of nitrogens with zero attached hydrogens (tertiary/aromatic N) is 1. The van der Waals surface area contributed by atoms with Crippen molar-refractivity contribution in [2.45, 2.75) is 38.1 Å². The van der Waals surface area contributed by atoms with Gasteiger partial charge >= 0.3 is 0 Å². The summed E-state index contributed by atoms with van der Waals surface area (Å²) < 4.78 is 0.767. The molecule has 4 saturated carbocycles. The number of para-hydroxylation sites is 1. The number of rotatable bonds is 2. The minimum atomic E-state index is 0.132. The van der Waals surface area contributed by atoms with Gasteiger partial charge < -0.3 is 4.98 Å². The highest BCUT2D eigenvalue weighted by molar-refractivity contribution is 8.26. The molecule has 0 unspecified atom stereocenters. The first-order valence-electron chi connectivity index (χ1n) is 10.0. The fourth-order valence-electron chi connectivity index (χ4n) is 6.41. The van der Waals surface area contributed by atoms with Crippen LogP contribution in [0.3, 0.4) is 0 Å². The third kappa shape index (κ3) is 2.47. The van der Waals surface area contributed by atoms with Crippen LogP contribution in [0.1, 0.15) is 37.7 Å². The zero-order valence-electron chi connectivity index (χ0n) is 15.1. The fourth-order valence-corrected chi connectivity index (χ4v) is 7.75. The van der Waals surface area contributed by atoms with Crippen LogP contribution in [-0.4, -0.2) is 26.2 Å². The van der Waals surface area contributed by atoms with Gasteiger partial charge in [-0.15, -0.1) is 0 Å². The van der Waals surface area contributed by atoms with E-state index < -0.39 is 0 Å². The molecule has 7 rings (SSSR count). The molecule has 3 nitrogen and oxygen atoms in total. The van der Waals surface area contributed by atoms with Gasteiger partial charge in [0.25, 0.3) is 5.91 Å². The van der Waals surface area contributed by atoms with Crippen LogP contribution in [0.2, 0.25) is 0 Å². The van der Waals surface area contributed by atoms with Crippen LogP contribution in [0.5, 0.6) is 0 Å². The molecule has 1 N–H and O–H groups in total. The lowest BCUT2D eigenvalue weighted by Gasteiger charge is -2.56. The summed E-state index contributed by atoms with van der Waals surface area (Å²) in [6, 6.07) is 8.56. The lowest BCUT2D eigenvalue weighted by molar-refractivity contribution is -0.130. The summed E-state index contributed by atoms with van der Waals surface area (Å²) in [7, 11) is 0. The molecule has 0 spiro atoms. The van der Waals surface area contributed by atoms with Crippen molar-refractivity contribution in [1.29, 1.82) is 0 Å². The van der Waals surface area contributed by atoms with Gasteiger partial charge in [0.2, 0.25) is 0 Å². The number of nitrogens with one attached hydrogen (secondary N) is 1. The zero-order chi connectivity index (χ0) is 18.1. The van der Waals surface area contributed by atoms with Crippen molar-refractivity contribution in [2.75, 3.05) is 0 Å². The molecule has 138 valence electrons. The van der Waals surface area contributed by atoms with E-state index in [-0.39, 0.29) is 5.91 Å². The number of benzene rings is 1. The summed E-state index contributed by atoms with van der Waals surface area (Å²) in [5.41, 5.74) is 2.16. The van der Waals surface area contributed by atoms with E-state index in [4.69, 9.17) is 12.2 Å². The molecule has 5 fully saturated rings. The van der Waals surface area contributed by atoms with Gasteiger partial charge in [-0.3, -0.25) is 9.69 Å². The summed E-state index contributed by atoms with van der Waals surface area (Å²) in [6.45, 7) is 0. The average Bonchev–Trinajstić information content (AvgIpc) is 3.17. The molecule has 2 aromatic rings. The van der Waals surface area contributed by atoms with Crippen LogP contribution >= 0.6 is 24.0 Å². The summed E-state index contributed by atoms with van der Waals surface area (Å²) >= 11 is 7.19. The van der Waals surface area contributed by atoms with Crippen molar-refractivity contribution in [3.63, 3.8) is 0 Å².